The first kappa shape index (κ1) is 17.3. The summed E-state index contributed by atoms with van der Waals surface area (Å²) in [5, 5.41) is 2.98. The number of hydrogen-bond acceptors (Lipinski definition) is 4. The van der Waals surface area contributed by atoms with E-state index < -0.39 is 0 Å². The minimum atomic E-state index is -0.163. The van der Waals surface area contributed by atoms with Crippen LogP contribution in [0.15, 0.2) is 54.6 Å². The lowest BCUT2D eigenvalue weighted by Crippen LogP contribution is -2.52. The zero-order valence-electron chi connectivity index (χ0n) is 14.8. The summed E-state index contributed by atoms with van der Waals surface area (Å²) in [7, 11) is 1.62. The van der Waals surface area contributed by atoms with Gasteiger partial charge < -0.3 is 15.0 Å². The monoisotopic (exact) mass is 339 g/mol. The van der Waals surface area contributed by atoms with Gasteiger partial charge in [0, 0.05) is 43.6 Å². The van der Waals surface area contributed by atoms with E-state index >= 15 is 0 Å². The van der Waals surface area contributed by atoms with Crippen molar-refractivity contribution in [2.45, 2.75) is 13.0 Å². The van der Waals surface area contributed by atoms with E-state index in [0.717, 1.165) is 37.6 Å². The predicted molar refractivity (Wildman–Crippen MR) is 101 cm³/mol. The third kappa shape index (κ3) is 4.31. The first-order valence-corrected chi connectivity index (χ1v) is 8.66. The van der Waals surface area contributed by atoms with Gasteiger partial charge in [-0.15, -0.1) is 0 Å². The van der Waals surface area contributed by atoms with Crippen molar-refractivity contribution < 1.29 is 9.53 Å². The Hall–Kier alpha value is -2.53. The molecule has 1 atom stereocenters. The van der Waals surface area contributed by atoms with E-state index in [2.05, 4.69) is 39.4 Å². The Bertz CT molecular complexity index is 697. The molecule has 0 spiro atoms. The molecule has 5 nitrogen and oxygen atoms in total. The Kier molecular flexibility index (Phi) is 5.56. The van der Waals surface area contributed by atoms with Crippen LogP contribution in [0.25, 0.3) is 0 Å². The molecular formula is C20H25N3O2. The quantitative estimate of drug-likeness (QED) is 0.910. The molecule has 0 bridgehead atoms. The SMILES string of the molecule is COc1cccc(NC(=O)[C@H](C)N2CCN(c3ccccc3)CC2)c1. The molecular weight excluding hydrogens is 314 g/mol. The van der Waals surface area contributed by atoms with Gasteiger partial charge in [-0.2, -0.15) is 0 Å². The first-order valence-electron chi connectivity index (χ1n) is 8.66. The highest BCUT2D eigenvalue weighted by Gasteiger charge is 2.25. The topological polar surface area (TPSA) is 44.8 Å². The number of anilines is 2. The zero-order chi connectivity index (χ0) is 17.6. The van der Waals surface area contributed by atoms with Gasteiger partial charge in [0.2, 0.25) is 5.91 Å². The fraction of sp³-hybridized carbons (Fsp3) is 0.350. The number of carbonyl (C=O) groups excluding carboxylic acids is 1. The number of nitrogens with one attached hydrogen (secondary N) is 1. The number of hydrogen-bond donors (Lipinski definition) is 1. The van der Waals surface area contributed by atoms with Crippen LogP contribution in [0.3, 0.4) is 0 Å². The van der Waals surface area contributed by atoms with Crippen LogP contribution in [0, 0.1) is 0 Å². The second kappa shape index (κ2) is 8.03. The number of nitrogens with zero attached hydrogens (tertiary/aromatic N) is 2. The summed E-state index contributed by atoms with van der Waals surface area (Å²) in [4.78, 5) is 17.2. The summed E-state index contributed by atoms with van der Waals surface area (Å²) in [6, 6.07) is 17.7. The molecule has 1 aliphatic heterocycles. The molecule has 1 N–H and O–H groups in total. The van der Waals surface area contributed by atoms with Gasteiger partial charge in [-0.1, -0.05) is 24.3 Å². The predicted octanol–water partition coefficient (Wildman–Crippen LogP) is 2.84. The average Bonchev–Trinajstić information content (AvgIpc) is 2.68. The lowest BCUT2D eigenvalue weighted by atomic mass is 10.2. The number of benzene rings is 2. The van der Waals surface area contributed by atoms with Gasteiger partial charge >= 0.3 is 0 Å². The lowest BCUT2D eigenvalue weighted by Gasteiger charge is -2.38. The number of methoxy groups -OCH3 is 1. The number of carbonyl (C=O) groups is 1. The van der Waals surface area contributed by atoms with E-state index in [9.17, 15) is 4.79 Å². The maximum absolute atomic E-state index is 12.6. The van der Waals surface area contributed by atoms with Crippen molar-refractivity contribution in [3.05, 3.63) is 54.6 Å². The van der Waals surface area contributed by atoms with Gasteiger partial charge in [0.15, 0.2) is 0 Å². The van der Waals surface area contributed by atoms with E-state index in [1.807, 2.05) is 37.3 Å². The van der Waals surface area contributed by atoms with Gasteiger partial charge in [-0.05, 0) is 31.2 Å². The Morgan fingerprint density at radius 2 is 1.76 bits per heavy atom. The van der Waals surface area contributed by atoms with Gasteiger partial charge in [0.1, 0.15) is 5.75 Å². The van der Waals surface area contributed by atoms with E-state index in [-0.39, 0.29) is 11.9 Å². The van der Waals surface area contributed by atoms with Crippen molar-refractivity contribution in [3.8, 4) is 5.75 Å². The van der Waals surface area contributed by atoms with Gasteiger partial charge in [0.25, 0.3) is 0 Å². The lowest BCUT2D eigenvalue weighted by molar-refractivity contribution is -0.120. The normalized spacial score (nSPS) is 16.3. The van der Waals surface area contributed by atoms with Crippen molar-refractivity contribution in [1.29, 1.82) is 0 Å². The largest absolute Gasteiger partial charge is 0.497 e. The minimum absolute atomic E-state index is 0.0152. The van der Waals surface area contributed by atoms with Crippen LogP contribution < -0.4 is 15.0 Å². The molecule has 5 heteroatoms. The van der Waals surface area contributed by atoms with Crippen LogP contribution >= 0.6 is 0 Å². The fourth-order valence-electron chi connectivity index (χ4n) is 3.12. The van der Waals surface area contributed by atoms with Gasteiger partial charge in [-0.3, -0.25) is 9.69 Å². The molecule has 132 valence electrons. The van der Waals surface area contributed by atoms with Gasteiger partial charge in [0.05, 0.1) is 13.2 Å². The van der Waals surface area contributed by atoms with Crippen molar-refractivity contribution in [1.82, 2.24) is 4.90 Å². The summed E-state index contributed by atoms with van der Waals surface area (Å²) >= 11 is 0. The minimum Gasteiger partial charge on any atom is -0.497 e. The van der Waals surface area contributed by atoms with E-state index in [1.165, 1.54) is 5.69 Å². The summed E-state index contributed by atoms with van der Waals surface area (Å²) in [5.41, 5.74) is 2.01. The number of ether oxygens (including phenoxy) is 1. The molecule has 0 aliphatic carbocycles. The van der Waals surface area contributed by atoms with Crippen LogP contribution in [0.2, 0.25) is 0 Å². The second-order valence-electron chi connectivity index (χ2n) is 6.26. The number of piperazine rings is 1. The average molecular weight is 339 g/mol. The Balaban J connectivity index is 1.54. The number of rotatable bonds is 5. The van der Waals surface area contributed by atoms with E-state index in [0.29, 0.717) is 0 Å². The molecule has 1 amide bonds. The van der Waals surface area contributed by atoms with Crippen LogP contribution in [-0.4, -0.2) is 50.1 Å². The highest BCUT2D eigenvalue weighted by atomic mass is 16.5. The van der Waals surface area contributed by atoms with Crippen molar-refractivity contribution >= 4 is 17.3 Å². The van der Waals surface area contributed by atoms with Crippen molar-refractivity contribution in [3.63, 3.8) is 0 Å². The second-order valence-corrected chi connectivity index (χ2v) is 6.26. The van der Waals surface area contributed by atoms with Crippen LogP contribution in [0.5, 0.6) is 5.75 Å². The third-order valence-electron chi connectivity index (χ3n) is 4.70. The highest BCUT2D eigenvalue weighted by molar-refractivity contribution is 5.94. The smallest absolute Gasteiger partial charge is 0.241 e. The maximum atomic E-state index is 12.6. The molecule has 3 rings (SSSR count). The summed E-state index contributed by atoms with van der Waals surface area (Å²) in [6.07, 6.45) is 0. The molecule has 1 saturated heterocycles. The standard InChI is InChI=1S/C20H25N3O2/c1-16(20(24)21-17-7-6-10-19(15-17)25-2)22-11-13-23(14-12-22)18-8-4-3-5-9-18/h3-10,15-16H,11-14H2,1-2H3,(H,21,24)/t16-/m0/s1. The molecule has 0 saturated carbocycles. The van der Waals surface area contributed by atoms with Crippen molar-refractivity contribution in [2.24, 2.45) is 0 Å². The molecule has 0 unspecified atom stereocenters. The Labute approximate surface area is 149 Å². The van der Waals surface area contributed by atoms with Crippen LogP contribution in [0.4, 0.5) is 11.4 Å². The fourth-order valence-corrected chi connectivity index (χ4v) is 3.12. The first-order chi connectivity index (χ1) is 12.2. The highest BCUT2D eigenvalue weighted by Crippen LogP contribution is 2.19. The maximum Gasteiger partial charge on any atom is 0.241 e. The zero-order valence-corrected chi connectivity index (χ0v) is 14.8. The van der Waals surface area contributed by atoms with Crippen LogP contribution in [0.1, 0.15) is 6.92 Å². The summed E-state index contributed by atoms with van der Waals surface area (Å²) in [5.74, 6) is 0.753. The molecule has 2 aromatic rings. The van der Waals surface area contributed by atoms with E-state index in [1.54, 1.807) is 7.11 Å². The number of amides is 1. The Morgan fingerprint density at radius 1 is 1.04 bits per heavy atom. The Morgan fingerprint density at radius 3 is 2.44 bits per heavy atom. The molecule has 1 aliphatic rings. The third-order valence-corrected chi connectivity index (χ3v) is 4.70. The molecule has 0 radical (unpaired) electrons. The summed E-state index contributed by atoms with van der Waals surface area (Å²) in [6.45, 7) is 5.58. The summed E-state index contributed by atoms with van der Waals surface area (Å²) < 4.78 is 5.20. The van der Waals surface area contributed by atoms with E-state index in [4.69, 9.17) is 4.74 Å². The molecule has 25 heavy (non-hydrogen) atoms. The number of para-hydroxylation sites is 1. The molecule has 2 aromatic carbocycles. The molecule has 0 aromatic heterocycles. The molecule has 1 heterocycles. The van der Waals surface area contributed by atoms with Crippen LogP contribution in [-0.2, 0) is 4.79 Å². The van der Waals surface area contributed by atoms with Crippen molar-refractivity contribution in [2.75, 3.05) is 43.5 Å². The molecule has 1 fully saturated rings. The van der Waals surface area contributed by atoms with Gasteiger partial charge in [-0.25, -0.2) is 0 Å².